The summed E-state index contributed by atoms with van der Waals surface area (Å²) in [5, 5.41) is 3.41. The van der Waals surface area contributed by atoms with E-state index in [4.69, 9.17) is 0 Å². The second-order valence-corrected chi connectivity index (χ2v) is 4.68. The van der Waals surface area contributed by atoms with Gasteiger partial charge >= 0.3 is 0 Å². The summed E-state index contributed by atoms with van der Waals surface area (Å²) in [6.07, 6.45) is 0. The largest absolute Gasteiger partial charge is 0.314 e. The highest BCUT2D eigenvalue weighted by atomic mass is 32.2. The fraction of sp³-hybridized carbons (Fsp3) is 1.00. The molecule has 2 nitrogen and oxygen atoms in total. The molecule has 0 aliphatic carbocycles. The van der Waals surface area contributed by atoms with Crippen LogP contribution in [0.25, 0.3) is 0 Å². The van der Waals surface area contributed by atoms with Crippen molar-refractivity contribution in [3.8, 4) is 0 Å². The number of rotatable bonds is 4. The highest BCUT2D eigenvalue weighted by Crippen LogP contribution is 2.05. The number of hydrogen-bond donors (Lipinski definition) is 1. The molecule has 0 aromatic carbocycles. The zero-order chi connectivity index (χ0) is 8.81. The van der Waals surface area contributed by atoms with E-state index in [-0.39, 0.29) is 0 Å². The zero-order valence-electron chi connectivity index (χ0n) is 8.18. The predicted octanol–water partition coefficient (Wildman–Crippen LogP) is 1.03. The molecule has 72 valence electrons. The average molecular weight is 188 g/mol. The molecule has 1 aliphatic rings. The molecule has 1 fully saturated rings. The van der Waals surface area contributed by atoms with Crippen LogP contribution in [-0.2, 0) is 0 Å². The van der Waals surface area contributed by atoms with E-state index in [0.717, 1.165) is 12.6 Å². The molecule has 0 aromatic rings. The summed E-state index contributed by atoms with van der Waals surface area (Å²) >= 11 is 2.04. The van der Waals surface area contributed by atoms with Gasteiger partial charge in [-0.3, -0.25) is 4.90 Å². The third kappa shape index (κ3) is 3.33. The van der Waals surface area contributed by atoms with Gasteiger partial charge < -0.3 is 5.32 Å². The van der Waals surface area contributed by atoms with Gasteiger partial charge in [-0.05, 0) is 12.7 Å². The van der Waals surface area contributed by atoms with E-state index in [1.165, 1.54) is 31.1 Å². The van der Waals surface area contributed by atoms with Gasteiger partial charge in [0.15, 0.2) is 0 Å². The van der Waals surface area contributed by atoms with Crippen molar-refractivity contribution in [2.75, 3.05) is 37.7 Å². The first-order valence-electron chi connectivity index (χ1n) is 4.87. The molecule has 12 heavy (non-hydrogen) atoms. The number of hydrogen-bond acceptors (Lipinski definition) is 3. The molecule has 0 radical (unpaired) electrons. The van der Waals surface area contributed by atoms with Gasteiger partial charge in [-0.2, -0.15) is 11.8 Å². The highest BCUT2D eigenvalue weighted by Gasteiger charge is 2.16. The molecule has 1 rings (SSSR count). The van der Waals surface area contributed by atoms with Gasteiger partial charge in [0.05, 0.1) is 0 Å². The lowest BCUT2D eigenvalue weighted by Crippen LogP contribution is -2.50. The normalized spacial score (nSPS) is 26.0. The van der Waals surface area contributed by atoms with Gasteiger partial charge in [-0.15, -0.1) is 0 Å². The van der Waals surface area contributed by atoms with Crippen LogP contribution in [0.15, 0.2) is 0 Å². The number of piperazine rings is 1. The van der Waals surface area contributed by atoms with Gasteiger partial charge in [0, 0.05) is 38.0 Å². The minimum atomic E-state index is 0.733. The van der Waals surface area contributed by atoms with E-state index >= 15 is 0 Å². The Kier molecular flexibility index (Phi) is 5.04. The van der Waals surface area contributed by atoms with E-state index in [0.29, 0.717) is 0 Å². The van der Waals surface area contributed by atoms with Crippen molar-refractivity contribution in [1.29, 1.82) is 0 Å². The van der Waals surface area contributed by atoms with Gasteiger partial charge in [0.2, 0.25) is 0 Å². The lowest BCUT2D eigenvalue weighted by atomic mass is 10.2. The second-order valence-electron chi connectivity index (χ2n) is 3.29. The fourth-order valence-corrected chi connectivity index (χ4v) is 2.19. The standard InChI is InChI=1S/C9H20N2S/c1-3-12-7-6-11-5-4-10-8-9(11)2/h9-10H,3-8H2,1-2H3/t9-/m0/s1. The summed E-state index contributed by atoms with van der Waals surface area (Å²) in [5.41, 5.74) is 0. The first-order valence-corrected chi connectivity index (χ1v) is 6.02. The summed E-state index contributed by atoms with van der Waals surface area (Å²) in [4.78, 5) is 2.58. The molecule has 3 heteroatoms. The Hall–Kier alpha value is 0.270. The molecule has 0 amide bonds. The lowest BCUT2D eigenvalue weighted by molar-refractivity contribution is 0.185. The SMILES string of the molecule is CCSCCN1CCNC[C@@H]1C. The van der Waals surface area contributed by atoms with Crippen molar-refractivity contribution < 1.29 is 0 Å². The molecular formula is C9H20N2S. The Bertz CT molecular complexity index is 119. The third-order valence-corrected chi connectivity index (χ3v) is 3.25. The van der Waals surface area contributed by atoms with Crippen molar-refractivity contribution in [1.82, 2.24) is 10.2 Å². The maximum absolute atomic E-state index is 3.41. The molecule has 1 heterocycles. The summed E-state index contributed by atoms with van der Waals surface area (Å²) in [5.74, 6) is 2.54. The molecule has 1 saturated heterocycles. The number of nitrogens with zero attached hydrogens (tertiary/aromatic N) is 1. The Morgan fingerprint density at radius 3 is 3.08 bits per heavy atom. The van der Waals surface area contributed by atoms with Crippen LogP contribution in [-0.4, -0.2) is 48.6 Å². The molecule has 0 unspecified atom stereocenters. The van der Waals surface area contributed by atoms with Gasteiger partial charge in [-0.1, -0.05) is 6.92 Å². The number of thioether (sulfide) groups is 1. The van der Waals surface area contributed by atoms with Crippen molar-refractivity contribution in [2.24, 2.45) is 0 Å². The maximum Gasteiger partial charge on any atom is 0.0193 e. The van der Waals surface area contributed by atoms with Crippen LogP contribution in [0.2, 0.25) is 0 Å². The smallest absolute Gasteiger partial charge is 0.0193 e. The molecule has 1 aliphatic heterocycles. The van der Waals surface area contributed by atoms with E-state index in [2.05, 4.69) is 24.1 Å². The Morgan fingerprint density at radius 1 is 1.58 bits per heavy atom. The van der Waals surface area contributed by atoms with Crippen molar-refractivity contribution in [2.45, 2.75) is 19.9 Å². The minimum Gasteiger partial charge on any atom is -0.314 e. The first kappa shape index (κ1) is 10.4. The summed E-state index contributed by atoms with van der Waals surface area (Å²) in [7, 11) is 0. The summed E-state index contributed by atoms with van der Waals surface area (Å²) in [6, 6.07) is 0.733. The Labute approximate surface area is 80.1 Å². The van der Waals surface area contributed by atoms with Gasteiger partial charge in [0.25, 0.3) is 0 Å². The highest BCUT2D eigenvalue weighted by molar-refractivity contribution is 7.99. The molecule has 1 N–H and O–H groups in total. The van der Waals surface area contributed by atoms with Gasteiger partial charge in [-0.25, -0.2) is 0 Å². The molecule has 0 saturated carbocycles. The molecule has 1 atom stereocenters. The Morgan fingerprint density at radius 2 is 2.42 bits per heavy atom. The molecule has 0 bridgehead atoms. The predicted molar refractivity (Wildman–Crippen MR) is 56.9 cm³/mol. The average Bonchev–Trinajstić information content (AvgIpc) is 2.09. The Balaban J connectivity index is 2.11. The lowest BCUT2D eigenvalue weighted by Gasteiger charge is -2.33. The van der Waals surface area contributed by atoms with E-state index < -0.39 is 0 Å². The zero-order valence-corrected chi connectivity index (χ0v) is 8.99. The number of nitrogens with one attached hydrogen (secondary N) is 1. The van der Waals surface area contributed by atoms with Crippen molar-refractivity contribution in [3.63, 3.8) is 0 Å². The maximum atomic E-state index is 3.41. The van der Waals surface area contributed by atoms with Crippen LogP contribution in [0.1, 0.15) is 13.8 Å². The summed E-state index contributed by atoms with van der Waals surface area (Å²) < 4.78 is 0. The van der Waals surface area contributed by atoms with Crippen LogP contribution in [0.5, 0.6) is 0 Å². The molecular weight excluding hydrogens is 168 g/mol. The van der Waals surface area contributed by atoms with Crippen molar-refractivity contribution in [3.05, 3.63) is 0 Å². The minimum absolute atomic E-state index is 0.733. The quantitative estimate of drug-likeness (QED) is 0.664. The molecule has 0 spiro atoms. The first-order chi connectivity index (χ1) is 5.84. The van der Waals surface area contributed by atoms with E-state index in [1.54, 1.807) is 0 Å². The van der Waals surface area contributed by atoms with Gasteiger partial charge in [0.1, 0.15) is 0 Å². The third-order valence-electron chi connectivity index (χ3n) is 2.37. The topological polar surface area (TPSA) is 15.3 Å². The van der Waals surface area contributed by atoms with Crippen LogP contribution < -0.4 is 5.32 Å². The summed E-state index contributed by atoms with van der Waals surface area (Å²) in [6.45, 7) is 9.36. The van der Waals surface area contributed by atoms with Crippen LogP contribution in [0.3, 0.4) is 0 Å². The van der Waals surface area contributed by atoms with Crippen molar-refractivity contribution >= 4 is 11.8 Å². The van der Waals surface area contributed by atoms with Crippen LogP contribution >= 0.6 is 11.8 Å². The second kappa shape index (κ2) is 5.84. The monoisotopic (exact) mass is 188 g/mol. The molecule has 0 aromatic heterocycles. The van der Waals surface area contributed by atoms with E-state index in [1.807, 2.05) is 11.8 Å². The van der Waals surface area contributed by atoms with Crippen LogP contribution in [0, 0.1) is 0 Å². The van der Waals surface area contributed by atoms with Crippen LogP contribution in [0.4, 0.5) is 0 Å². The van der Waals surface area contributed by atoms with E-state index in [9.17, 15) is 0 Å². The fourth-order valence-electron chi connectivity index (χ4n) is 1.54.